The summed E-state index contributed by atoms with van der Waals surface area (Å²) in [4.78, 5) is 16.7. The molecule has 1 amide bonds. The Bertz CT molecular complexity index is 991. The Morgan fingerprint density at radius 2 is 2.19 bits per heavy atom. The zero-order valence-electron chi connectivity index (χ0n) is 15.7. The van der Waals surface area contributed by atoms with Crippen LogP contribution in [0.4, 0.5) is 0 Å². The number of nitrogens with one attached hydrogen (secondary N) is 1. The number of likely N-dealkylation sites (N-methyl/N-ethyl adjacent to an activating group) is 1. The van der Waals surface area contributed by atoms with Crippen molar-refractivity contribution in [3.8, 4) is 5.69 Å². The van der Waals surface area contributed by atoms with Gasteiger partial charge in [-0.25, -0.2) is 4.68 Å². The lowest BCUT2D eigenvalue weighted by atomic mass is 10.2. The van der Waals surface area contributed by atoms with Crippen LogP contribution in [-0.2, 0) is 0 Å². The van der Waals surface area contributed by atoms with Gasteiger partial charge < -0.3 is 5.32 Å². The summed E-state index contributed by atoms with van der Waals surface area (Å²) in [5, 5.41) is 9.32. The molecule has 2 heterocycles. The molecule has 1 aliphatic carbocycles. The number of aromatic nitrogens is 2. The summed E-state index contributed by atoms with van der Waals surface area (Å²) >= 11 is 7.79. The van der Waals surface area contributed by atoms with Crippen LogP contribution in [0.15, 0.2) is 30.3 Å². The van der Waals surface area contributed by atoms with Crippen molar-refractivity contribution >= 4 is 39.1 Å². The molecular weight excluding hydrogens is 380 g/mol. The van der Waals surface area contributed by atoms with E-state index in [4.69, 9.17) is 11.6 Å². The fourth-order valence-electron chi connectivity index (χ4n) is 3.26. The Morgan fingerprint density at radius 3 is 2.89 bits per heavy atom. The first-order chi connectivity index (χ1) is 13.0. The molecule has 0 saturated heterocycles. The minimum Gasteiger partial charge on any atom is -0.350 e. The van der Waals surface area contributed by atoms with Crippen LogP contribution in [0.5, 0.6) is 0 Å². The van der Waals surface area contributed by atoms with E-state index < -0.39 is 0 Å². The zero-order valence-corrected chi connectivity index (χ0v) is 17.3. The third-order valence-electron chi connectivity index (χ3n) is 5.23. The number of amides is 1. The number of para-hydroxylation sites is 1. The van der Waals surface area contributed by atoms with Crippen LogP contribution in [0.3, 0.4) is 0 Å². The highest BCUT2D eigenvalue weighted by atomic mass is 35.5. The molecule has 1 N–H and O–H groups in total. The van der Waals surface area contributed by atoms with Crippen LogP contribution in [0.1, 0.15) is 35.1 Å². The number of carbonyl (C=O) groups excluding carboxylic acids is 1. The fourth-order valence-corrected chi connectivity index (χ4v) is 4.57. The molecule has 1 aromatic carbocycles. The van der Waals surface area contributed by atoms with E-state index in [1.165, 1.54) is 24.2 Å². The summed E-state index contributed by atoms with van der Waals surface area (Å²) in [5.41, 5.74) is 1.72. The van der Waals surface area contributed by atoms with E-state index in [1.807, 2.05) is 41.9 Å². The Labute approximate surface area is 167 Å². The molecule has 0 bridgehead atoms. The second kappa shape index (κ2) is 7.26. The quantitative estimate of drug-likeness (QED) is 0.670. The molecular formula is C20H23ClN4OS. The van der Waals surface area contributed by atoms with E-state index in [2.05, 4.69) is 29.3 Å². The molecule has 1 aliphatic rings. The standard InChI is InChI=1S/C20H23ClN4OS/c1-12(24(3)14-8-9-14)11-22-19(26)18-10-15-13(2)23-25(20(15)27-18)17-7-5-4-6-16(17)21/h4-7,10,12,14H,8-9,11H2,1-3H3,(H,22,26). The first-order valence-corrected chi connectivity index (χ1v) is 10.4. The van der Waals surface area contributed by atoms with E-state index in [9.17, 15) is 4.79 Å². The topological polar surface area (TPSA) is 50.2 Å². The fraction of sp³-hybridized carbons (Fsp3) is 0.400. The van der Waals surface area contributed by atoms with Crippen molar-refractivity contribution < 1.29 is 4.79 Å². The largest absolute Gasteiger partial charge is 0.350 e. The van der Waals surface area contributed by atoms with Gasteiger partial charge in [-0.3, -0.25) is 9.69 Å². The van der Waals surface area contributed by atoms with Crippen LogP contribution in [0.2, 0.25) is 5.02 Å². The third-order valence-corrected chi connectivity index (χ3v) is 6.65. The highest BCUT2D eigenvalue weighted by Crippen LogP contribution is 2.32. The average molecular weight is 403 g/mol. The van der Waals surface area contributed by atoms with Gasteiger partial charge in [0.15, 0.2) is 0 Å². The number of rotatable bonds is 6. The maximum atomic E-state index is 12.7. The number of hydrogen-bond donors (Lipinski definition) is 1. The molecule has 1 saturated carbocycles. The maximum absolute atomic E-state index is 12.7. The number of nitrogens with zero attached hydrogens (tertiary/aromatic N) is 3. The van der Waals surface area contributed by atoms with E-state index in [1.54, 1.807) is 0 Å². The van der Waals surface area contributed by atoms with Gasteiger partial charge in [-0.1, -0.05) is 23.7 Å². The van der Waals surface area contributed by atoms with Gasteiger partial charge in [-0.15, -0.1) is 11.3 Å². The Kier molecular flexibility index (Phi) is 4.97. The van der Waals surface area contributed by atoms with Gasteiger partial charge >= 0.3 is 0 Å². The lowest BCUT2D eigenvalue weighted by Crippen LogP contribution is -2.41. The number of aryl methyl sites for hydroxylation is 1. The number of hydrogen-bond acceptors (Lipinski definition) is 4. The third kappa shape index (κ3) is 3.61. The number of fused-ring (bicyclic) bond motifs is 1. The molecule has 27 heavy (non-hydrogen) atoms. The lowest BCUT2D eigenvalue weighted by Gasteiger charge is -2.24. The predicted octanol–water partition coefficient (Wildman–Crippen LogP) is 4.26. The van der Waals surface area contributed by atoms with Crippen molar-refractivity contribution in [2.75, 3.05) is 13.6 Å². The first-order valence-electron chi connectivity index (χ1n) is 9.20. The molecule has 2 aromatic heterocycles. The van der Waals surface area contributed by atoms with Crippen LogP contribution in [0.25, 0.3) is 15.9 Å². The minimum absolute atomic E-state index is 0.0302. The second-order valence-corrected chi connectivity index (χ2v) is 8.67. The minimum atomic E-state index is -0.0302. The monoisotopic (exact) mass is 402 g/mol. The smallest absolute Gasteiger partial charge is 0.261 e. The van der Waals surface area contributed by atoms with E-state index >= 15 is 0 Å². The first kappa shape index (κ1) is 18.5. The van der Waals surface area contributed by atoms with E-state index in [0.29, 0.717) is 28.5 Å². The average Bonchev–Trinajstić information content (AvgIpc) is 3.34. The summed E-state index contributed by atoms with van der Waals surface area (Å²) in [6.07, 6.45) is 2.53. The molecule has 0 spiro atoms. The van der Waals surface area contributed by atoms with Gasteiger partial charge in [0, 0.05) is 24.0 Å². The van der Waals surface area contributed by atoms with E-state index in [-0.39, 0.29) is 5.91 Å². The van der Waals surface area contributed by atoms with Crippen LogP contribution in [-0.4, -0.2) is 46.3 Å². The summed E-state index contributed by atoms with van der Waals surface area (Å²) < 4.78 is 1.83. The highest BCUT2D eigenvalue weighted by molar-refractivity contribution is 7.20. The molecule has 3 aromatic rings. The lowest BCUT2D eigenvalue weighted by molar-refractivity contribution is 0.0943. The van der Waals surface area contributed by atoms with Crippen molar-refractivity contribution in [1.29, 1.82) is 0 Å². The van der Waals surface area contributed by atoms with Gasteiger partial charge in [0.1, 0.15) is 4.83 Å². The number of thiophene rings is 1. The molecule has 7 heteroatoms. The summed E-state index contributed by atoms with van der Waals surface area (Å²) in [6.45, 7) is 4.76. The predicted molar refractivity (Wildman–Crippen MR) is 111 cm³/mol. The molecule has 1 atom stereocenters. The molecule has 1 unspecified atom stereocenters. The Morgan fingerprint density at radius 1 is 1.44 bits per heavy atom. The van der Waals surface area contributed by atoms with Crippen LogP contribution in [0, 0.1) is 6.92 Å². The summed E-state index contributed by atoms with van der Waals surface area (Å²) in [5.74, 6) is -0.0302. The molecule has 0 radical (unpaired) electrons. The second-order valence-electron chi connectivity index (χ2n) is 7.23. The zero-order chi connectivity index (χ0) is 19.1. The van der Waals surface area contributed by atoms with E-state index in [0.717, 1.165) is 21.6 Å². The van der Waals surface area contributed by atoms with Crippen molar-refractivity contribution in [3.05, 3.63) is 45.9 Å². The number of benzene rings is 1. The molecule has 1 fully saturated rings. The number of carbonyl (C=O) groups is 1. The summed E-state index contributed by atoms with van der Waals surface area (Å²) in [6, 6.07) is 10.6. The van der Waals surface area contributed by atoms with Crippen molar-refractivity contribution in [1.82, 2.24) is 20.0 Å². The normalized spacial score (nSPS) is 15.4. The Hall–Kier alpha value is -1.89. The summed E-state index contributed by atoms with van der Waals surface area (Å²) in [7, 11) is 2.13. The van der Waals surface area contributed by atoms with Crippen molar-refractivity contribution in [2.24, 2.45) is 0 Å². The Balaban J connectivity index is 1.55. The van der Waals surface area contributed by atoms with Gasteiger partial charge in [0.2, 0.25) is 0 Å². The van der Waals surface area contributed by atoms with Gasteiger partial charge in [0.25, 0.3) is 5.91 Å². The van der Waals surface area contributed by atoms with Crippen LogP contribution >= 0.6 is 22.9 Å². The van der Waals surface area contributed by atoms with Crippen molar-refractivity contribution in [3.63, 3.8) is 0 Å². The number of halogens is 1. The molecule has 5 nitrogen and oxygen atoms in total. The molecule has 142 valence electrons. The van der Waals surface area contributed by atoms with Gasteiger partial charge in [0.05, 0.1) is 21.3 Å². The van der Waals surface area contributed by atoms with Crippen LogP contribution < -0.4 is 5.32 Å². The van der Waals surface area contributed by atoms with Gasteiger partial charge in [-0.2, -0.15) is 5.10 Å². The maximum Gasteiger partial charge on any atom is 0.261 e. The molecule has 0 aliphatic heterocycles. The van der Waals surface area contributed by atoms with Gasteiger partial charge in [-0.05, 0) is 51.9 Å². The van der Waals surface area contributed by atoms with Crippen molar-refractivity contribution in [2.45, 2.75) is 38.8 Å². The highest BCUT2D eigenvalue weighted by Gasteiger charge is 2.29. The SMILES string of the molecule is Cc1nn(-c2ccccc2Cl)c2sc(C(=O)NCC(C)N(C)C3CC3)cc12. The molecule has 4 rings (SSSR count).